The smallest absolute Gasteiger partial charge is 0.410 e. The van der Waals surface area contributed by atoms with Gasteiger partial charge in [0.15, 0.2) is 5.13 Å². The minimum Gasteiger partial charge on any atom is -0.444 e. The molecule has 0 aliphatic heterocycles. The van der Waals surface area contributed by atoms with Crippen molar-refractivity contribution < 1.29 is 19.4 Å². The SMILES string of the molecule is CCCCN(C[C@H](O)c1csc(NC(=O)C(C)C)n1)C(=O)OC(C)(C)C. The Kier molecular flexibility index (Phi) is 8.49. The van der Waals surface area contributed by atoms with E-state index in [-0.39, 0.29) is 18.4 Å². The van der Waals surface area contributed by atoms with Crippen LogP contribution in [-0.4, -0.2) is 45.7 Å². The minimum absolute atomic E-state index is 0.0935. The van der Waals surface area contributed by atoms with Gasteiger partial charge in [0.1, 0.15) is 11.7 Å². The van der Waals surface area contributed by atoms with Crippen molar-refractivity contribution in [3.8, 4) is 0 Å². The Labute approximate surface area is 159 Å². The van der Waals surface area contributed by atoms with Gasteiger partial charge >= 0.3 is 6.09 Å². The number of carbonyl (C=O) groups excluding carboxylic acids is 2. The number of nitrogens with one attached hydrogen (secondary N) is 1. The van der Waals surface area contributed by atoms with Gasteiger partial charge in [0.05, 0.1) is 12.2 Å². The average molecular weight is 386 g/mol. The van der Waals surface area contributed by atoms with Crippen molar-refractivity contribution in [2.45, 2.75) is 66.1 Å². The van der Waals surface area contributed by atoms with Gasteiger partial charge in [-0.1, -0.05) is 27.2 Å². The number of rotatable bonds is 8. The average Bonchev–Trinajstić information content (AvgIpc) is 2.97. The Bertz CT molecular complexity index is 596. The Morgan fingerprint density at radius 1 is 1.38 bits per heavy atom. The van der Waals surface area contributed by atoms with Crippen molar-refractivity contribution in [1.29, 1.82) is 0 Å². The van der Waals surface area contributed by atoms with Crippen LogP contribution < -0.4 is 5.32 Å². The van der Waals surface area contributed by atoms with E-state index in [1.54, 1.807) is 19.2 Å². The zero-order valence-corrected chi connectivity index (χ0v) is 17.4. The summed E-state index contributed by atoms with van der Waals surface area (Å²) in [7, 11) is 0. The minimum atomic E-state index is -0.944. The summed E-state index contributed by atoms with van der Waals surface area (Å²) in [6.45, 7) is 11.7. The van der Waals surface area contributed by atoms with Crippen LogP contribution in [-0.2, 0) is 9.53 Å². The van der Waals surface area contributed by atoms with E-state index < -0.39 is 17.8 Å². The Morgan fingerprint density at radius 3 is 2.58 bits per heavy atom. The van der Waals surface area contributed by atoms with Crippen LogP contribution in [0.3, 0.4) is 0 Å². The Hall–Kier alpha value is -1.67. The van der Waals surface area contributed by atoms with Crippen LogP contribution in [0.25, 0.3) is 0 Å². The first kappa shape index (κ1) is 22.4. The van der Waals surface area contributed by atoms with E-state index in [0.29, 0.717) is 17.4 Å². The van der Waals surface area contributed by atoms with Gasteiger partial charge in [-0.25, -0.2) is 9.78 Å². The van der Waals surface area contributed by atoms with Gasteiger partial charge in [-0.15, -0.1) is 11.3 Å². The van der Waals surface area contributed by atoms with Crippen molar-refractivity contribution in [2.24, 2.45) is 5.92 Å². The number of carbonyl (C=O) groups is 2. The maximum atomic E-state index is 12.4. The lowest BCUT2D eigenvalue weighted by atomic mass is 10.2. The molecule has 148 valence electrons. The molecule has 1 aromatic heterocycles. The van der Waals surface area contributed by atoms with Gasteiger partial charge in [-0.05, 0) is 27.2 Å². The summed E-state index contributed by atoms with van der Waals surface area (Å²) < 4.78 is 5.42. The molecule has 8 heteroatoms. The van der Waals surface area contributed by atoms with E-state index >= 15 is 0 Å². The van der Waals surface area contributed by atoms with Crippen molar-refractivity contribution in [3.05, 3.63) is 11.1 Å². The molecule has 0 spiro atoms. The summed E-state index contributed by atoms with van der Waals surface area (Å²) >= 11 is 1.25. The molecule has 26 heavy (non-hydrogen) atoms. The number of nitrogens with zero attached hydrogens (tertiary/aromatic N) is 2. The molecule has 2 N–H and O–H groups in total. The van der Waals surface area contributed by atoms with Crippen LogP contribution in [0.1, 0.15) is 66.2 Å². The summed E-state index contributed by atoms with van der Waals surface area (Å²) in [5.41, 5.74) is -0.166. The molecule has 0 saturated heterocycles. The normalized spacial score (nSPS) is 12.8. The molecule has 0 unspecified atom stereocenters. The number of aliphatic hydroxyl groups is 1. The highest BCUT2D eigenvalue weighted by molar-refractivity contribution is 7.13. The Morgan fingerprint density at radius 2 is 2.04 bits per heavy atom. The van der Waals surface area contributed by atoms with E-state index in [4.69, 9.17) is 4.74 Å². The van der Waals surface area contributed by atoms with Crippen molar-refractivity contribution in [1.82, 2.24) is 9.88 Å². The number of aliphatic hydroxyl groups excluding tert-OH is 1. The first-order valence-electron chi connectivity index (χ1n) is 8.95. The van der Waals surface area contributed by atoms with E-state index in [2.05, 4.69) is 10.3 Å². The highest BCUT2D eigenvalue weighted by Crippen LogP contribution is 2.23. The van der Waals surface area contributed by atoms with Gasteiger partial charge in [-0.2, -0.15) is 0 Å². The molecule has 0 bridgehead atoms. The molecule has 0 aliphatic rings. The number of hydrogen-bond donors (Lipinski definition) is 2. The molecule has 0 aliphatic carbocycles. The third-order valence-electron chi connectivity index (χ3n) is 3.44. The fourth-order valence-corrected chi connectivity index (χ4v) is 2.74. The second-order valence-corrected chi connectivity index (χ2v) is 8.38. The van der Waals surface area contributed by atoms with Crippen LogP contribution >= 0.6 is 11.3 Å². The van der Waals surface area contributed by atoms with E-state index in [1.807, 2.05) is 27.7 Å². The lowest BCUT2D eigenvalue weighted by Crippen LogP contribution is -2.39. The van der Waals surface area contributed by atoms with E-state index in [0.717, 1.165) is 12.8 Å². The zero-order valence-electron chi connectivity index (χ0n) is 16.5. The van der Waals surface area contributed by atoms with Crippen LogP contribution in [0.5, 0.6) is 0 Å². The second kappa shape index (κ2) is 9.87. The molecule has 0 aromatic carbocycles. The number of ether oxygens (including phenoxy) is 1. The lowest BCUT2D eigenvalue weighted by molar-refractivity contribution is -0.118. The first-order valence-corrected chi connectivity index (χ1v) is 9.83. The maximum absolute atomic E-state index is 12.4. The van der Waals surface area contributed by atoms with Crippen molar-refractivity contribution in [2.75, 3.05) is 18.4 Å². The third kappa shape index (κ3) is 7.70. The summed E-state index contributed by atoms with van der Waals surface area (Å²) in [4.78, 5) is 29.9. The molecule has 0 fully saturated rings. The predicted octanol–water partition coefficient (Wildman–Crippen LogP) is 3.81. The summed E-state index contributed by atoms with van der Waals surface area (Å²) in [5.74, 6) is -0.275. The number of unbranched alkanes of at least 4 members (excludes halogenated alkanes) is 1. The van der Waals surface area contributed by atoms with Crippen molar-refractivity contribution >= 4 is 28.5 Å². The van der Waals surface area contributed by atoms with Gasteiger partial charge in [0.2, 0.25) is 5.91 Å². The third-order valence-corrected chi connectivity index (χ3v) is 4.22. The quantitative estimate of drug-likeness (QED) is 0.710. The number of aromatic nitrogens is 1. The molecule has 1 rings (SSSR count). The topological polar surface area (TPSA) is 91.8 Å². The molecule has 1 aromatic rings. The van der Waals surface area contributed by atoms with Gasteiger partial charge in [-0.3, -0.25) is 4.79 Å². The molecule has 1 atom stereocenters. The number of anilines is 1. The van der Waals surface area contributed by atoms with Gasteiger partial charge < -0.3 is 20.1 Å². The largest absolute Gasteiger partial charge is 0.444 e. The number of thiazole rings is 1. The summed E-state index contributed by atoms with van der Waals surface area (Å²) in [6.07, 6.45) is 0.352. The fourth-order valence-electron chi connectivity index (χ4n) is 1.98. The molecular formula is C18H31N3O4S. The van der Waals surface area contributed by atoms with E-state index in [1.165, 1.54) is 16.2 Å². The molecule has 1 heterocycles. The fraction of sp³-hybridized carbons (Fsp3) is 0.722. The standard InChI is InChI=1S/C18H31N3O4S/c1-7-8-9-21(17(24)25-18(4,5)6)10-14(22)13-11-26-16(19-13)20-15(23)12(2)3/h11-12,14,22H,7-10H2,1-6H3,(H,19,20,23)/t14-/m0/s1. The number of amides is 2. The number of hydrogen-bond acceptors (Lipinski definition) is 6. The molecule has 0 saturated carbocycles. The lowest BCUT2D eigenvalue weighted by Gasteiger charge is -2.28. The molecular weight excluding hydrogens is 354 g/mol. The molecule has 2 amide bonds. The molecule has 7 nitrogen and oxygen atoms in total. The van der Waals surface area contributed by atoms with Gasteiger partial charge in [0.25, 0.3) is 0 Å². The zero-order chi connectivity index (χ0) is 19.9. The highest BCUT2D eigenvalue weighted by atomic mass is 32.1. The van der Waals surface area contributed by atoms with Gasteiger partial charge in [0, 0.05) is 17.8 Å². The summed E-state index contributed by atoms with van der Waals surface area (Å²) in [5, 5.41) is 15.3. The highest BCUT2D eigenvalue weighted by Gasteiger charge is 2.25. The Balaban J connectivity index is 2.76. The monoisotopic (exact) mass is 385 g/mol. The first-order chi connectivity index (χ1) is 12.0. The summed E-state index contributed by atoms with van der Waals surface area (Å²) in [6, 6.07) is 0. The van der Waals surface area contributed by atoms with Crippen LogP contribution in [0.4, 0.5) is 9.93 Å². The maximum Gasteiger partial charge on any atom is 0.410 e. The predicted molar refractivity (Wildman–Crippen MR) is 103 cm³/mol. The molecule has 0 radical (unpaired) electrons. The van der Waals surface area contributed by atoms with Crippen LogP contribution in [0, 0.1) is 5.92 Å². The van der Waals surface area contributed by atoms with E-state index in [9.17, 15) is 14.7 Å². The van der Waals surface area contributed by atoms with Crippen LogP contribution in [0.15, 0.2) is 5.38 Å². The van der Waals surface area contributed by atoms with Crippen molar-refractivity contribution in [3.63, 3.8) is 0 Å². The van der Waals surface area contributed by atoms with Crippen LogP contribution in [0.2, 0.25) is 0 Å². The second-order valence-electron chi connectivity index (χ2n) is 7.52.